The Labute approximate surface area is 122 Å². The highest BCUT2D eigenvalue weighted by molar-refractivity contribution is 5.70. The van der Waals surface area contributed by atoms with Gasteiger partial charge in [-0.3, -0.25) is 9.69 Å². The Kier molecular flexibility index (Phi) is 5.44. The Morgan fingerprint density at radius 3 is 2.55 bits per heavy atom. The van der Waals surface area contributed by atoms with Gasteiger partial charge < -0.3 is 10.2 Å². The van der Waals surface area contributed by atoms with Crippen molar-refractivity contribution in [2.24, 2.45) is 5.92 Å². The number of hydrogen-bond donors (Lipinski definition) is 2. The highest BCUT2D eigenvalue weighted by Gasteiger charge is 2.38. The molecule has 2 fully saturated rings. The van der Waals surface area contributed by atoms with Crippen LogP contribution in [0.25, 0.3) is 0 Å². The van der Waals surface area contributed by atoms with Gasteiger partial charge in [-0.1, -0.05) is 19.8 Å². The minimum atomic E-state index is -0.700. The van der Waals surface area contributed by atoms with E-state index in [1.807, 2.05) is 0 Å². The summed E-state index contributed by atoms with van der Waals surface area (Å²) < 4.78 is 0. The van der Waals surface area contributed by atoms with Gasteiger partial charge in [0.15, 0.2) is 0 Å². The minimum Gasteiger partial charge on any atom is -0.481 e. The lowest BCUT2D eigenvalue weighted by Crippen LogP contribution is -2.51. The number of carbonyl (C=O) groups is 1. The summed E-state index contributed by atoms with van der Waals surface area (Å²) in [5.74, 6) is -0.947. The molecule has 1 unspecified atom stereocenters. The lowest BCUT2D eigenvalue weighted by Gasteiger charge is -2.43. The van der Waals surface area contributed by atoms with E-state index in [-0.39, 0.29) is 5.92 Å². The first-order valence-corrected chi connectivity index (χ1v) is 8.23. The lowest BCUT2D eigenvalue weighted by molar-refractivity contribution is -0.145. The van der Waals surface area contributed by atoms with E-state index in [0.717, 1.165) is 13.1 Å². The van der Waals surface area contributed by atoms with Gasteiger partial charge in [0.2, 0.25) is 0 Å². The van der Waals surface area contributed by atoms with E-state index in [2.05, 4.69) is 11.8 Å². The normalized spacial score (nSPS) is 35.9. The molecule has 0 radical (unpaired) electrons. The van der Waals surface area contributed by atoms with Gasteiger partial charge in [0.25, 0.3) is 0 Å². The van der Waals surface area contributed by atoms with Gasteiger partial charge in [0.1, 0.15) is 0 Å². The Bertz CT molecular complexity index is 322. The summed E-state index contributed by atoms with van der Waals surface area (Å²) >= 11 is 0. The van der Waals surface area contributed by atoms with Crippen LogP contribution in [0.1, 0.15) is 64.7 Å². The molecule has 0 bridgehead atoms. The number of rotatable bonds is 5. The topological polar surface area (TPSA) is 60.8 Å². The van der Waals surface area contributed by atoms with Crippen LogP contribution in [-0.4, -0.2) is 45.8 Å². The molecule has 1 aliphatic carbocycles. The number of carboxylic acid groups (broad SMARTS) is 1. The maximum absolute atomic E-state index is 11.0. The van der Waals surface area contributed by atoms with Gasteiger partial charge in [0, 0.05) is 12.6 Å². The van der Waals surface area contributed by atoms with Crippen molar-refractivity contribution in [2.75, 3.05) is 13.1 Å². The smallest absolute Gasteiger partial charge is 0.306 e. The molecular formula is C16H29NO3. The zero-order chi connectivity index (χ0) is 14.6. The predicted octanol–water partition coefficient (Wildman–Crippen LogP) is 2.65. The molecule has 0 spiro atoms. The molecule has 0 aromatic rings. The monoisotopic (exact) mass is 283 g/mol. The van der Waals surface area contributed by atoms with Crippen LogP contribution < -0.4 is 0 Å². The third-order valence-corrected chi connectivity index (χ3v) is 5.13. The molecule has 4 nitrogen and oxygen atoms in total. The van der Waals surface area contributed by atoms with Gasteiger partial charge in [-0.2, -0.15) is 0 Å². The van der Waals surface area contributed by atoms with E-state index in [9.17, 15) is 9.90 Å². The van der Waals surface area contributed by atoms with Crippen LogP contribution in [0.2, 0.25) is 0 Å². The first-order chi connectivity index (χ1) is 9.54. The number of aliphatic hydroxyl groups is 1. The van der Waals surface area contributed by atoms with Crippen LogP contribution >= 0.6 is 0 Å². The van der Waals surface area contributed by atoms with Crippen molar-refractivity contribution in [2.45, 2.75) is 76.4 Å². The first-order valence-electron chi connectivity index (χ1n) is 8.23. The Balaban J connectivity index is 1.89. The molecule has 116 valence electrons. The molecule has 1 aliphatic heterocycles. The molecule has 2 aliphatic rings. The fourth-order valence-electron chi connectivity index (χ4n) is 3.87. The summed E-state index contributed by atoms with van der Waals surface area (Å²) in [6, 6.07) is 0.620. The van der Waals surface area contributed by atoms with Gasteiger partial charge in [-0.05, 0) is 51.5 Å². The standard InChI is InChI=1S/C16H29NO3/c1-2-5-14-6-3-4-11-17(14)12-16(20)9-7-13(8-10-16)15(18)19/h13-14,20H,2-12H2,1H3,(H,18,19). The summed E-state index contributed by atoms with van der Waals surface area (Å²) in [7, 11) is 0. The zero-order valence-electron chi connectivity index (χ0n) is 12.7. The number of piperidine rings is 1. The maximum atomic E-state index is 11.0. The number of hydrogen-bond acceptors (Lipinski definition) is 3. The Morgan fingerprint density at radius 2 is 1.95 bits per heavy atom. The Hall–Kier alpha value is -0.610. The largest absolute Gasteiger partial charge is 0.481 e. The summed E-state index contributed by atoms with van der Waals surface area (Å²) in [6.45, 7) is 4.05. The van der Waals surface area contributed by atoms with Gasteiger partial charge >= 0.3 is 5.97 Å². The number of nitrogens with zero attached hydrogens (tertiary/aromatic N) is 1. The van der Waals surface area contributed by atoms with E-state index in [1.165, 1.54) is 32.1 Å². The van der Waals surface area contributed by atoms with Crippen molar-refractivity contribution in [1.29, 1.82) is 0 Å². The fraction of sp³-hybridized carbons (Fsp3) is 0.938. The average Bonchev–Trinajstić information content (AvgIpc) is 2.41. The number of β-amino-alcohol motifs (C(OH)–C–C–N with tert-alkyl or cyclic N) is 1. The third kappa shape index (κ3) is 3.95. The molecule has 1 atom stereocenters. The van der Waals surface area contributed by atoms with Gasteiger partial charge in [-0.25, -0.2) is 0 Å². The van der Waals surface area contributed by atoms with E-state index >= 15 is 0 Å². The molecule has 20 heavy (non-hydrogen) atoms. The van der Waals surface area contributed by atoms with Crippen molar-refractivity contribution in [3.05, 3.63) is 0 Å². The van der Waals surface area contributed by atoms with Crippen molar-refractivity contribution < 1.29 is 15.0 Å². The van der Waals surface area contributed by atoms with E-state index in [4.69, 9.17) is 5.11 Å². The van der Waals surface area contributed by atoms with E-state index in [1.54, 1.807) is 0 Å². The minimum absolute atomic E-state index is 0.247. The molecule has 2 rings (SSSR count). The molecule has 0 aromatic carbocycles. The SMILES string of the molecule is CCCC1CCCCN1CC1(O)CCC(C(=O)O)CC1. The summed E-state index contributed by atoms with van der Waals surface area (Å²) in [5, 5.41) is 19.8. The molecule has 1 heterocycles. The van der Waals surface area contributed by atoms with Gasteiger partial charge in [-0.15, -0.1) is 0 Å². The van der Waals surface area contributed by atoms with Gasteiger partial charge in [0.05, 0.1) is 11.5 Å². The van der Waals surface area contributed by atoms with E-state index < -0.39 is 11.6 Å². The van der Waals surface area contributed by atoms with Crippen LogP contribution in [0.15, 0.2) is 0 Å². The zero-order valence-corrected chi connectivity index (χ0v) is 12.7. The molecule has 2 N–H and O–H groups in total. The number of likely N-dealkylation sites (tertiary alicyclic amines) is 1. The molecular weight excluding hydrogens is 254 g/mol. The van der Waals surface area contributed by atoms with Crippen LogP contribution in [0, 0.1) is 5.92 Å². The molecule has 0 amide bonds. The maximum Gasteiger partial charge on any atom is 0.306 e. The summed E-state index contributed by atoms with van der Waals surface area (Å²) in [4.78, 5) is 13.5. The summed E-state index contributed by atoms with van der Waals surface area (Å²) in [6.07, 6.45) is 8.72. The van der Waals surface area contributed by atoms with Crippen molar-refractivity contribution in [3.63, 3.8) is 0 Å². The second kappa shape index (κ2) is 6.90. The number of carboxylic acids is 1. The third-order valence-electron chi connectivity index (χ3n) is 5.13. The average molecular weight is 283 g/mol. The lowest BCUT2D eigenvalue weighted by atomic mass is 9.78. The first kappa shape index (κ1) is 15.8. The van der Waals surface area contributed by atoms with Crippen LogP contribution in [0.5, 0.6) is 0 Å². The van der Waals surface area contributed by atoms with Crippen LogP contribution in [-0.2, 0) is 4.79 Å². The number of aliphatic carboxylic acids is 1. The highest BCUT2D eigenvalue weighted by atomic mass is 16.4. The Morgan fingerprint density at radius 1 is 1.25 bits per heavy atom. The van der Waals surface area contributed by atoms with E-state index in [0.29, 0.717) is 31.7 Å². The highest BCUT2D eigenvalue weighted by Crippen LogP contribution is 2.34. The molecule has 0 aromatic heterocycles. The van der Waals surface area contributed by atoms with Crippen molar-refractivity contribution in [3.8, 4) is 0 Å². The quantitative estimate of drug-likeness (QED) is 0.814. The summed E-state index contributed by atoms with van der Waals surface area (Å²) in [5.41, 5.74) is -0.657. The fourth-order valence-corrected chi connectivity index (χ4v) is 3.87. The van der Waals surface area contributed by atoms with Crippen molar-refractivity contribution in [1.82, 2.24) is 4.90 Å². The molecule has 4 heteroatoms. The van der Waals surface area contributed by atoms with Crippen molar-refractivity contribution >= 4 is 5.97 Å². The second-order valence-electron chi connectivity index (χ2n) is 6.75. The molecule has 1 saturated heterocycles. The van der Waals surface area contributed by atoms with Crippen LogP contribution in [0.3, 0.4) is 0 Å². The van der Waals surface area contributed by atoms with Crippen LogP contribution in [0.4, 0.5) is 0 Å². The predicted molar refractivity (Wildman–Crippen MR) is 78.7 cm³/mol. The second-order valence-corrected chi connectivity index (χ2v) is 6.75. The molecule has 1 saturated carbocycles.